The molecule has 0 saturated carbocycles. The van der Waals surface area contributed by atoms with E-state index in [1.165, 1.54) is 16.0 Å². The molecule has 4 nitrogen and oxygen atoms in total. The molecule has 1 aromatic heterocycles. The quantitative estimate of drug-likeness (QED) is 0.214. The lowest BCUT2D eigenvalue weighted by Gasteiger charge is -2.23. The van der Waals surface area contributed by atoms with Crippen molar-refractivity contribution >= 4 is 46.5 Å². The Balaban J connectivity index is 1.47. The Morgan fingerprint density at radius 1 is 0.875 bits per heavy atom. The summed E-state index contributed by atoms with van der Waals surface area (Å²) in [5.74, 6) is 0.624. The van der Waals surface area contributed by atoms with E-state index in [2.05, 4.69) is 94.4 Å². The number of carbonyl (C=O) groups excluding carboxylic acids is 1. The number of aliphatic hydroxyl groups excluding tert-OH is 1. The maximum Gasteiger partial charge on any atom is 0.309 e. The fourth-order valence-corrected chi connectivity index (χ4v) is 6.57. The Hall–Kier alpha value is -3.06. The molecule has 1 aliphatic rings. The number of benzene rings is 3. The van der Waals surface area contributed by atoms with Gasteiger partial charge < -0.3 is 9.84 Å². The van der Waals surface area contributed by atoms with Crippen LogP contribution in [0.15, 0.2) is 98.6 Å². The van der Waals surface area contributed by atoms with Crippen molar-refractivity contribution in [1.82, 2.24) is 4.98 Å². The number of carbonyl (C=O) groups is 1. The van der Waals surface area contributed by atoms with Gasteiger partial charge in [-0.2, -0.15) is 0 Å². The van der Waals surface area contributed by atoms with Gasteiger partial charge in [0, 0.05) is 43.1 Å². The third-order valence-corrected chi connectivity index (χ3v) is 9.21. The first-order valence-corrected chi connectivity index (χ1v) is 15.4. The van der Waals surface area contributed by atoms with Crippen LogP contribution in [0.5, 0.6) is 0 Å². The summed E-state index contributed by atoms with van der Waals surface area (Å²) < 4.78 is 5.44. The van der Waals surface area contributed by atoms with Crippen molar-refractivity contribution in [3.8, 4) is 0 Å². The van der Waals surface area contributed by atoms with Gasteiger partial charge in [0.05, 0.1) is 18.0 Å². The van der Waals surface area contributed by atoms with Crippen molar-refractivity contribution in [2.75, 3.05) is 0 Å². The first kappa shape index (κ1) is 28.5. The van der Waals surface area contributed by atoms with E-state index in [9.17, 15) is 9.90 Å². The van der Waals surface area contributed by atoms with Gasteiger partial charge in [-0.05, 0) is 65.4 Å². The molecule has 0 radical (unpaired) electrons. The number of hydrogen-bond donors (Lipinski definition) is 1. The third-order valence-electron chi connectivity index (χ3n) is 7.05. The Morgan fingerprint density at radius 2 is 1.48 bits per heavy atom. The van der Waals surface area contributed by atoms with Gasteiger partial charge in [-0.15, -0.1) is 0 Å². The number of fused-ring (bicyclic) bond motifs is 1. The topological polar surface area (TPSA) is 59.4 Å². The SMILES string of the molecule is CC(C)c1ccc(Sc2ccc3c(Sc4ccc(C(C)C)cc4)c(/C=C/[C@@H]4C[C@@H](O)CC(=O)O4)cnc3c2)cc1. The average molecular weight is 570 g/mol. The van der Waals surface area contributed by atoms with E-state index >= 15 is 0 Å². The maximum absolute atomic E-state index is 11.8. The van der Waals surface area contributed by atoms with Crippen molar-refractivity contribution in [1.29, 1.82) is 0 Å². The Kier molecular flexibility index (Phi) is 8.99. The van der Waals surface area contributed by atoms with E-state index in [0.29, 0.717) is 18.3 Å². The number of hydrogen-bond acceptors (Lipinski definition) is 6. The summed E-state index contributed by atoms with van der Waals surface area (Å²) in [6.07, 6.45) is 5.05. The van der Waals surface area contributed by atoms with Gasteiger partial charge in [-0.25, -0.2) is 0 Å². The largest absolute Gasteiger partial charge is 0.458 e. The number of rotatable bonds is 8. The molecular formula is C34H35NO3S2. The molecular weight excluding hydrogens is 535 g/mol. The lowest BCUT2D eigenvalue weighted by Crippen LogP contribution is -2.31. The van der Waals surface area contributed by atoms with E-state index in [1.807, 2.05) is 18.3 Å². The molecule has 40 heavy (non-hydrogen) atoms. The number of pyridine rings is 1. The first-order valence-electron chi connectivity index (χ1n) is 13.8. The van der Waals surface area contributed by atoms with E-state index in [-0.39, 0.29) is 12.4 Å². The third kappa shape index (κ3) is 6.98. The summed E-state index contributed by atoms with van der Waals surface area (Å²) in [5.41, 5.74) is 4.53. The number of cyclic esters (lactones) is 1. The summed E-state index contributed by atoms with van der Waals surface area (Å²) in [5, 5.41) is 11.1. The summed E-state index contributed by atoms with van der Waals surface area (Å²) in [6.45, 7) is 8.81. The second-order valence-electron chi connectivity index (χ2n) is 10.9. The Bertz CT molecular complexity index is 1510. The van der Waals surface area contributed by atoms with Gasteiger partial charge in [0.2, 0.25) is 0 Å². The van der Waals surface area contributed by atoms with Crippen LogP contribution >= 0.6 is 23.5 Å². The first-order chi connectivity index (χ1) is 19.2. The molecule has 3 aromatic carbocycles. The van der Waals surface area contributed by atoms with E-state index in [0.717, 1.165) is 31.2 Å². The van der Waals surface area contributed by atoms with Crippen LogP contribution in [0.3, 0.4) is 0 Å². The standard InChI is InChI=1S/C34H35NO3S2/c1-21(2)23-6-11-28(12-7-23)39-30-15-16-31-32(19-30)35-20-25(5-10-27-17-26(36)18-33(37)38-27)34(31)40-29-13-8-24(9-14-29)22(3)4/h5-16,19-22,26-27,36H,17-18H2,1-4H3/b10-5+/t26-,27-/m1/s1. The zero-order chi connectivity index (χ0) is 28.2. The number of aliphatic hydroxyl groups is 1. The van der Waals surface area contributed by atoms with Crippen molar-refractivity contribution in [2.24, 2.45) is 0 Å². The molecule has 2 heterocycles. The highest BCUT2D eigenvalue weighted by molar-refractivity contribution is 7.99. The summed E-state index contributed by atoms with van der Waals surface area (Å²) >= 11 is 3.45. The van der Waals surface area contributed by atoms with Crippen LogP contribution in [-0.4, -0.2) is 28.3 Å². The minimum absolute atomic E-state index is 0.0531. The lowest BCUT2D eigenvalue weighted by molar-refractivity contribution is -0.156. The molecule has 2 atom stereocenters. The van der Waals surface area contributed by atoms with Crippen molar-refractivity contribution in [2.45, 2.75) is 84.2 Å². The lowest BCUT2D eigenvalue weighted by atomic mass is 10.0. The molecule has 0 unspecified atom stereocenters. The van der Waals surface area contributed by atoms with Crippen LogP contribution in [0.4, 0.5) is 0 Å². The van der Waals surface area contributed by atoms with Crippen molar-refractivity contribution in [3.05, 3.63) is 95.7 Å². The van der Waals surface area contributed by atoms with E-state index < -0.39 is 12.2 Å². The number of ether oxygens (including phenoxy) is 1. The minimum Gasteiger partial charge on any atom is -0.458 e. The van der Waals surface area contributed by atoms with Crippen LogP contribution in [0.1, 0.15) is 69.1 Å². The summed E-state index contributed by atoms with van der Waals surface area (Å²) in [4.78, 5) is 21.2. The van der Waals surface area contributed by atoms with Crippen LogP contribution in [-0.2, 0) is 9.53 Å². The Labute approximate surface area is 245 Å². The number of nitrogens with zero attached hydrogens (tertiary/aromatic N) is 1. The molecule has 1 N–H and O–H groups in total. The maximum atomic E-state index is 11.8. The fraction of sp³-hybridized carbons (Fsp3) is 0.294. The van der Waals surface area contributed by atoms with Gasteiger partial charge in [-0.1, -0.05) is 87.6 Å². The van der Waals surface area contributed by atoms with Gasteiger partial charge >= 0.3 is 5.97 Å². The highest BCUT2D eigenvalue weighted by atomic mass is 32.2. The molecule has 1 fully saturated rings. The molecule has 0 bridgehead atoms. The van der Waals surface area contributed by atoms with Crippen LogP contribution < -0.4 is 0 Å². The normalized spacial score (nSPS) is 17.7. The number of esters is 1. The van der Waals surface area contributed by atoms with Crippen LogP contribution in [0, 0.1) is 0 Å². The highest BCUT2D eigenvalue weighted by Gasteiger charge is 2.25. The number of aromatic nitrogens is 1. The molecule has 5 rings (SSSR count). The van der Waals surface area contributed by atoms with Gasteiger partial charge in [0.1, 0.15) is 6.10 Å². The molecule has 1 aliphatic heterocycles. The smallest absolute Gasteiger partial charge is 0.309 e. The zero-order valence-corrected chi connectivity index (χ0v) is 25.0. The molecule has 0 spiro atoms. The minimum atomic E-state index is -0.670. The second kappa shape index (κ2) is 12.6. The molecule has 1 saturated heterocycles. The molecule has 206 valence electrons. The molecule has 0 amide bonds. The summed E-state index contributed by atoms with van der Waals surface area (Å²) in [6, 6.07) is 23.9. The predicted molar refractivity (Wildman–Crippen MR) is 165 cm³/mol. The van der Waals surface area contributed by atoms with Gasteiger partial charge in [0.15, 0.2) is 0 Å². The zero-order valence-electron chi connectivity index (χ0n) is 23.3. The predicted octanol–water partition coefficient (Wildman–Crippen LogP) is 8.86. The summed E-state index contributed by atoms with van der Waals surface area (Å²) in [7, 11) is 0. The van der Waals surface area contributed by atoms with Crippen molar-refractivity contribution < 1.29 is 14.6 Å². The average Bonchev–Trinajstić information content (AvgIpc) is 2.92. The Morgan fingerprint density at radius 3 is 2.08 bits per heavy atom. The highest BCUT2D eigenvalue weighted by Crippen LogP contribution is 2.39. The molecule has 4 aromatic rings. The monoisotopic (exact) mass is 569 g/mol. The van der Waals surface area contributed by atoms with Gasteiger partial charge in [-0.3, -0.25) is 9.78 Å². The van der Waals surface area contributed by atoms with Crippen molar-refractivity contribution in [3.63, 3.8) is 0 Å². The van der Waals surface area contributed by atoms with Crippen LogP contribution in [0.25, 0.3) is 17.0 Å². The van der Waals surface area contributed by atoms with Gasteiger partial charge in [0.25, 0.3) is 0 Å². The van der Waals surface area contributed by atoms with E-state index in [1.54, 1.807) is 23.5 Å². The fourth-order valence-electron chi connectivity index (χ4n) is 4.69. The second-order valence-corrected chi connectivity index (χ2v) is 13.1. The molecule has 0 aliphatic carbocycles. The molecule has 6 heteroatoms. The van der Waals surface area contributed by atoms with Crippen LogP contribution in [0.2, 0.25) is 0 Å². The van der Waals surface area contributed by atoms with E-state index in [4.69, 9.17) is 9.72 Å².